The largest absolute Gasteiger partial charge is 0.351 e. The van der Waals surface area contributed by atoms with E-state index in [-0.39, 0.29) is 0 Å². The highest BCUT2D eigenvalue weighted by Gasteiger charge is 1.91. The lowest BCUT2D eigenvalue weighted by Crippen LogP contribution is -2.06. The van der Waals surface area contributed by atoms with Crippen molar-refractivity contribution >= 4 is 5.69 Å². The normalized spacial score (nSPS) is 10.9. The number of nitrogens with zero attached hydrogens (tertiary/aromatic N) is 1. The van der Waals surface area contributed by atoms with Crippen LogP contribution in [-0.2, 0) is 0 Å². The van der Waals surface area contributed by atoms with E-state index in [1.165, 1.54) is 5.69 Å². The maximum absolute atomic E-state index is 3.60. The van der Waals surface area contributed by atoms with Crippen LogP contribution in [0.5, 0.6) is 0 Å². The first-order valence-electron chi connectivity index (χ1n) is 4.58. The number of para-hydroxylation sites is 1. The number of hydrogen-bond acceptors (Lipinski definition) is 1. The highest BCUT2D eigenvalue weighted by molar-refractivity contribution is 5.48. The third-order valence-corrected chi connectivity index (χ3v) is 1.83. The lowest BCUT2D eigenvalue weighted by atomic mass is 10.3. The topological polar surface area (TPSA) is 3.24 Å². The fraction of sp³-hybridized carbons (Fsp3) is 0.0769. The van der Waals surface area contributed by atoms with E-state index in [1.54, 1.807) is 6.08 Å². The Morgan fingerprint density at radius 1 is 1.07 bits per heavy atom. The Hall–Kier alpha value is -1.76. The zero-order valence-corrected chi connectivity index (χ0v) is 8.43. The Bertz CT molecular complexity index is 322. The molecule has 0 bridgehead atoms. The van der Waals surface area contributed by atoms with Gasteiger partial charge in [-0.3, -0.25) is 0 Å². The Balaban J connectivity index is 2.58. The molecule has 0 heterocycles. The molecule has 0 atom stereocenters. The SMILES string of the molecule is C=C/C=C\C=C/N(C)c1ccccc1. The van der Waals surface area contributed by atoms with Gasteiger partial charge in [0.25, 0.3) is 0 Å². The molecular formula is C13H15N. The summed E-state index contributed by atoms with van der Waals surface area (Å²) in [5.74, 6) is 0. The molecule has 0 aliphatic carbocycles. The van der Waals surface area contributed by atoms with Crippen molar-refractivity contribution < 1.29 is 0 Å². The molecule has 0 aliphatic heterocycles. The van der Waals surface area contributed by atoms with Crippen molar-refractivity contribution in [2.45, 2.75) is 0 Å². The van der Waals surface area contributed by atoms with Crippen LogP contribution >= 0.6 is 0 Å². The number of benzene rings is 1. The van der Waals surface area contributed by atoms with Crippen molar-refractivity contribution in [1.82, 2.24) is 0 Å². The molecule has 0 spiro atoms. The molecule has 1 heteroatoms. The molecule has 0 radical (unpaired) electrons. The first-order chi connectivity index (χ1) is 6.84. The summed E-state index contributed by atoms with van der Waals surface area (Å²) in [7, 11) is 2.02. The zero-order chi connectivity index (χ0) is 10.2. The van der Waals surface area contributed by atoms with E-state index in [9.17, 15) is 0 Å². The van der Waals surface area contributed by atoms with E-state index in [0.29, 0.717) is 0 Å². The van der Waals surface area contributed by atoms with Crippen molar-refractivity contribution in [2.75, 3.05) is 11.9 Å². The number of rotatable bonds is 4. The van der Waals surface area contributed by atoms with Gasteiger partial charge < -0.3 is 4.90 Å². The van der Waals surface area contributed by atoms with Gasteiger partial charge in [0.15, 0.2) is 0 Å². The smallest absolute Gasteiger partial charge is 0.0403 e. The highest BCUT2D eigenvalue weighted by Crippen LogP contribution is 2.10. The Kier molecular flexibility index (Phi) is 4.29. The molecule has 0 amide bonds. The predicted molar refractivity (Wildman–Crippen MR) is 63.3 cm³/mol. The van der Waals surface area contributed by atoms with Gasteiger partial charge in [-0.2, -0.15) is 0 Å². The number of allylic oxidation sites excluding steroid dienone is 4. The molecule has 1 rings (SSSR count). The molecule has 1 nitrogen and oxygen atoms in total. The molecule has 0 fully saturated rings. The van der Waals surface area contributed by atoms with Crippen molar-refractivity contribution in [2.24, 2.45) is 0 Å². The first-order valence-corrected chi connectivity index (χ1v) is 4.58. The number of hydrogen-bond donors (Lipinski definition) is 0. The van der Waals surface area contributed by atoms with Gasteiger partial charge in [-0.15, -0.1) is 0 Å². The molecule has 0 N–H and O–H groups in total. The molecule has 0 aromatic heterocycles. The van der Waals surface area contributed by atoms with Gasteiger partial charge >= 0.3 is 0 Å². The third-order valence-electron chi connectivity index (χ3n) is 1.83. The summed E-state index contributed by atoms with van der Waals surface area (Å²) in [5, 5.41) is 0. The lowest BCUT2D eigenvalue weighted by molar-refractivity contribution is 1.20. The number of anilines is 1. The van der Waals surface area contributed by atoms with E-state index >= 15 is 0 Å². The fourth-order valence-corrected chi connectivity index (χ4v) is 1.07. The average Bonchev–Trinajstić information content (AvgIpc) is 2.25. The summed E-state index contributed by atoms with van der Waals surface area (Å²) >= 11 is 0. The molecule has 14 heavy (non-hydrogen) atoms. The molecule has 72 valence electrons. The van der Waals surface area contributed by atoms with Crippen LogP contribution in [0.2, 0.25) is 0 Å². The van der Waals surface area contributed by atoms with Crippen LogP contribution in [0, 0.1) is 0 Å². The highest BCUT2D eigenvalue weighted by atomic mass is 15.1. The second-order valence-corrected chi connectivity index (χ2v) is 2.91. The van der Waals surface area contributed by atoms with Crippen LogP contribution in [0.25, 0.3) is 0 Å². The second kappa shape index (κ2) is 5.81. The average molecular weight is 185 g/mol. The maximum atomic E-state index is 3.60. The Morgan fingerprint density at radius 3 is 2.43 bits per heavy atom. The minimum absolute atomic E-state index is 1.18. The predicted octanol–water partition coefficient (Wildman–Crippen LogP) is 3.38. The van der Waals surface area contributed by atoms with E-state index in [1.807, 2.05) is 49.7 Å². The molecule has 0 unspecified atom stereocenters. The van der Waals surface area contributed by atoms with Gasteiger partial charge in [0.2, 0.25) is 0 Å². The molecule has 1 aromatic rings. The summed E-state index contributed by atoms with van der Waals surface area (Å²) in [5.41, 5.74) is 1.18. The van der Waals surface area contributed by atoms with Crippen molar-refractivity contribution in [3.05, 3.63) is 67.4 Å². The standard InChI is InChI=1S/C13H15N/c1-3-4-5-9-12-14(2)13-10-7-6-8-11-13/h3-12H,1H2,2H3/b5-4-,12-9-. The second-order valence-electron chi connectivity index (χ2n) is 2.91. The minimum Gasteiger partial charge on any atom is -0.351 e. The third kappa shape index (κ3) is 3.31. The van der Waals surface area contributed by atoms with Crippen LogP contribution in [-0.4, -0.2) is 7.05 Å². The van der Waals surface area contributed by atoms with Crippen molar-refractivity contribution in [3.63, 3.8) is 0 Å². The first kappa shape index (κ1) is 10.3. The Morgan fingerprint density at radius 2 is 1.79 bits per heavy atom. The van der Waals surface area contributed by atoms with E-state index < -0.39 is 0 Å². The van der Waals surface area contributed by atoms with Gasteiger partial charge in [0.1, 0.15) is 0 Å². The van der Waals surface area contributed by atoms with Gasteiger partial charge in [-0.1, -0.05) is 43.0 Å². The maximum Gasteiger partial charge on any atom is 0.0403 e. The van der Waals surface area contributed by atoms with Crippen LogP contribution in [0.4, 0.5) is 5.69 Å². The fourth-order valence-electron chi connectivity index (χ4n) is 1.07. The monoisotopic (exact) mass is 185 g/mol. The van der Waals surface area contributed by atoms with Gasteiger partial charge in [-0.25, -0.2) is 0 Å². The minimum atomic E-state index is 1.18. The molecule has 0 saturated heterocycles. The van der Waals surface area contributed by atoms with Gasteiger partial charge in [0, 0.05) is 18.9 Å². The molecule has 0 aliphatic rings. The van der Waals surface area contributed by atoms with Crippen LogP contribution < -0.4 is 4.90 Å². The summed E-state index contributed by atoms with van der Waals surface area (Å²) in [6.45, 7) is 3.60. The van der Waals surface area contributed by atoms with E-state index in [0.717, 1.165) is 0 Å². The van der Waals surface area contributed by atoms with Crippen LogP contribution in [0.3, 0.4) is 0 Å². The van der Waals surface area contributed by atoms with Crippen LogP contribution in [0.1, 0.15) is 0 Å². The molecular weight excluding hydrogens is 170 g/mol. The lowest BCUT2D eigenvalue weighted by Gasteiger charge is -2.12. The summed E-state index contributed by atoms with van der Waals surface area (Å²) in [4.78, 5) is 2.06. The van der Waals surface area contributed by atoms with Crippen molar-refractivity contribution in [1.29, 1.82) is 0 Å². The van der Waals surface area contributed by atoms with Gasteiger partial charge in [-0.05, 0) is 18.2 Å². The summed E-state index contributed by atoms with van der Waals surface area (Å²) in [6, 6.07) is 10.2. The summed E-state index contributed by atoms with van der Waals surface area (Å²) < 4.78 is 0. The molecule has 1 aromatic carbocycles. The zero-order valence-electron chi connectivity index (χ0n) is 8.43. The quantitative estimate of drug-likeness (QED) is 0.650. The van der Waals surface area contributed by atoms with Crippen LogP contribution in [0.15, 0.2) is 67.4 Å². The van der Waals surface area contributed by atoms with E-state index in [4.69, 9.17) is 0 Å². The molecule has 0 saturated carbocycles. The van der Waals surface area contributed by atoms with E-state index in [2.05, 4.69) is 23.6 Å². The van der Waals surface area contributed by atoms with Gasteiger partial charge in [0.05, 0.1) is 0 Å². The Labute approximate surface area is 85.7 Å². The van der Waals surface area contributed by atoms with Crippen molar-refractivity contribution in [3.8, 4) is 0 Å². The summed E-state index contributed by atoms with van der Waals surface area (Å²) in [6.07, 6.45) is 9.60.